The van der Waals surface area contributed by atoms with Gasteiger partial charge in [-0.05, 0) is 45.0 Å². The Morgan fingerprint density at radius 3 is 2.41 bits per heavy atom. The maximum absolute atomic E-state index is 13.4. The highest BCUT2D eigenvalue weighted by molar-refractivity contribution is 7.92. The first-order valence-electron chi connectivity index (χ1n) is 9.39. The van der Waals surface area contributed by atoms with Crippen molar-refractivity contribution in [2.45, 2.75) is 31.7 Å². The minimum atomic E-state index is -3.99. The van der Waals surface area contributed by atoms with E-state index in [1.807, 2.05) is 13.8 Å². The Morgan fingerprint density at radius 1 is 1.14 bits per heavy atom. The second kappa shape index (κ2) is 10.3. The Balaban J connectivity index is 2.46. The Labute approximate surface area is 172 Å². The maximum Gasteiger partial charge on any atom is 0.264 e. The molecule has 1 N–H and O–H groups in total. The molecule has 8 heteroatoms. The predicted octanol–water partition coefficient (Wildman–Crippen LogP) is 2.74. The summed E-state index contributed by atoms with van der Waals surface area (Å²) in [6.07, 6.45) is 0. The van der Waals surface area contributed by atoms with Crippen molar-refractivity contribution in [1.82, 2.24) is 5.32 Å². The number of methoxy groups -OCH3 is 1. The molecule has 0 bridgehead atoms. The average molecular weight is 421 g/mol. The van der Waals surface area contributed by atoms with Gasteiger partial charge in [0.2, 0.25) is 5.91 Å². The van der Waals surface area contributed by atoms with E-state index in [0.717, 1.165) is 9.87 Å². The number of sulfonamides is 1. The molecule has 2 rings (SSSR count). The highest BCUT2D eigenvalue weighted by Gasteiger charge is 2.29. The minimum Gasteiger partial charge on any atom is -0.492 e. The normalized spacial score (nSPS) is 12.3. The van der Waals surface area contributed by atoms with E-state index in [1.54, 1.807) is 43.3 Å². The molecule has 0 heterocycles. The fraction of sp³-hybridized carbons (Fsp3) is 0.381. The first-order chi connectivity index (χ1) is 13.8. The van der Waals surface area contributed by atoms with Crippen LogP contribution in [0.25, 0.3) is 0 Å². The molecule has 158 valence electrons. The third kappa shape index (κ3) is 5.95. The molecule has 2 aromatic carbocycles. The number of amides is 1. The summed E-state index contributed by atoms with van der Waals surface area (Å²) in [5.74, 6) is -0.0417. The first-order valence-corrected chi connectivity index (χ1v) is 10.8. The third-order valence-electron chi connectivity index (χ3n) is 4.15. The number of ether oxygens (including phenoxy) is 2. The molecule has 0 spiro atoms. The van der Waals surface area contributed by atoms with Crippen molar-refractivity contribution in [3.8, 4) is 5.75 Å². The summed E-state index contributed by atoms with van der Waals surface area (Å²) in [6.45, 7) is 5.79. The molecule has 29 heavy (non-hydrogen) atoms. The number of aryl methyl sites for hydroxylation is 1. The zero-order valence-corrected chi connectivity index (χ0v) is 18.0. The molecule has 0 aromatic heterocycles. The van der Waals surface area contributed by atoms with Gasteiger partial charge in [-0.25, -0.2) is 8.42 Å². The van der Waals surface area contributed by atoms with Gasteiger partial charge in [0.1, 0.15) is 12.3 Å². The van der Waals surface area contributed by atoms with Crippen LogP contribution in [0.5, 0.6) is 5.75 Å². The Kier molecular flexibility index (Phi) is 8.04. The number of carbonyl (C=O) groups excluding carboxylic acids is 1. The van der Waals surface area contributed by atoms with Gasteiger partial charge >= 0.3 is 0 Å². The van der Waals surface area contributed by atoms with Crippen molar-refractivity contribution in [2.75, 3.05) is 31.2 Å². The van der Waals surface area contributed by atoms with Crippen LogP contribution in [0.2, 0.25) is 0 Å². The van der Waals surface area contributed by atoms with Crippen LogP contribution in [-0.4, -0.2) is 47.2 Å². The molecule has 7 nitrogen and oxygen atoms in total. The van der Waals surface area contributed by atoms with Crippen LogP contribution in [0, 0.1) is 6.92 Å². The van der Waals surface area contributed by atoms with Gasteiger partial charge in [0, 0.05) is 13.2 Å². The lowest BCUT2D eigenvalue weighted by molar-refractivity contribution is -0.120. The molecule has 0 aliphatic carbocycles. The number of hydrogen-bond donors (Lipinski definition) is 1. The number of anilines is 1. The third-order valence-corrected chi connectivity index (χ3v) is 5.93. The standard InChI is InChI=1S/C21H28N2O5S/c1-5-28-20-9-7-6-8-19(20)23(14-21(24)22-17(3)15-27-4)29(25,26)18-12-10-16(2)11-13-18/h6-13,17H,5,14-15H2,1-4H3,(H,22,24)/t17-/m0/s1. The zero-order valence-electron chi connectivity index (χ0n) is 17.2. The zero-order chi connectivity index (χ0) is 21.4. The van der Waals surface area contributed by atoms with Crippen LogP contribution in [0.4, 0.5) is 5.69 Å². The van der Waals surface area contributed by atoms with E-state index in [2.05, 4.69) is 5.32 Å². The molecular weight excluding hydrogens is 392 g/mol. The fourth-order valence-electron chi connectivity index (χ4n) is 2.82. The van der Waals surface area contributed by atoms with Crippen molar-refractivity contribution >= 4 is 21.6 Å². The van der Waals surface area contributed by atoms with Gasteiger partial charge in [-0.3, -0.25) is 9.10 Å². The monoisotopic (exact) mass is 420 g/mol. The predicted molar refractivity (Wildman–Crippen MR) is 113 cm³/mol. The molecule has 1 amide bonds. The minimum absolute atomic E-state index is 0.104. The second-order valence-electron chi connectivity index (χ2n) is 6.65. The summed E-state index contributed by atoms with van der Waals surface area (Å²) < 4.78 is 38.5. The molecule has 2 aromatic rings. The molecule has 0 saturated carbocycles. The fourth-order valence-corrected chi connectivity index (χ4v) is 4.25. The van der Waals surface area contributed by atoms with Crippen molar-refractivity contribution in [3.05, 3.63) is 54.1 Å². The van der Waals surface area contributed by atoms with Crippen molar-refractivity contribution in [1.29, 1.82) is 0 Å². The first kappa shape index (κ1) is 22.7. The number of nitrogens with zero attached hydrogens (tertiary/aromatic N) is 1. The SMILES string of the molecule is CCOc1ccccc1N(CC(=O)N[C@@H](C)COC)S(=O)(=O)c1ccc(C)cc1. The average Bonchev–Trinajstić information content (AvgIpc) is 2.67. The molecule has 0 unspecified atom stereocenters. The number of para-hydroxylation sites is 2. The van der Waals surface area contributed by atoms with E-state index in [1.165, 1.54) is 19.2 Å². The lowest BCUT2D eigenvalue weighted by Gasteiger charge is -2.26. The van der Waals surface area contributed by atoms with Crippen LogP contribution in [-0.2, 0) is 19.6 Å². The van der Waals surface area contributed by atoms with Crippen LogP contribution >= 0.6 is 0 Å². The number of carbonyl (C=O) groups is 1. The highest BCUT2D eigenvalue weighted by atomic mass is 32.2. The summed E-state index contributed by atoms with van der Waals surface area (Å²) in [6, 6.07) is 13.0. The second-order valence-corrected chi connectivity index (χ2v) is 8.51. The number of hydrogen-bond acceptors (Lipinski definition) is 5. The lowest BCUT2D eigenvalue weighted by atomic mass is 10.2. The topological polar surface area (TPSA) is 84.9 Å². The number of nitrogens with one attached hydrogen (secondary N) is 1. The molecule has 0 aliphatic heterocycles. The Morgan fingerprint density at radius 2 is 1.79 bits per heavy atom. The van der Waals surface area contributed by atoms with Gasteiger partial charge in [0.05, 0.1) is 23.8 Å². The Hall–Kier alpha value is -2.58. The van der Waals surface area contributed by atoms with Gasteiger partial charge in [-0.1, -0.05) is 29.8 Å². The molecular formula is C21H28N2O5S. The van der Waals surface area contributed by atoms with Crippen LogP contribution in [0.3, 0.4) is 0 Å². The summed E-state index contributed by atoms with van der Waals surface area (Å²) in [7, 11) is -2.46. The molecule has 0 fully saturated rings. The van der Waals surface area contributed by atoms with Crippen molar-refractivity contribution in [3.63, 3.8) is 0 Å². The smallest absolute Gasteiger partial charge is 0.264 e. The van der Waals surface area contributed by atoms with Crippen LogP contribution < -0.4 is 14.4 Å². The summed E-state index contributed by atoms with van der Waals surface area (Å²) in [5.41, 5.74) is 1.25. The number of benzene rings is 2. The summed E-state index contributed by atoms with van der Waals surface area (Å²) in [5, 5.41) is 2.75. The molecule has 0 aliphatic rings. The van der Waals surface area contributed by atoms with Gasteiger partial charge in [-0.2, -0.15) is 0 Å². The quantitative estimate of drug-likeness (QED) is 0.639. The van der Waals surface area contributed by atoms with E-state index in [0.29, 0.717) is 24.7 Å². The lowest BCUT2D eigenvalue weighted by Crippen LogP contribution is -2.44. The maximum atomic E-state index is 13.4. The van der Waals surface area contributed by atoms with E-state index in [-0.39, 0.29) is 17.5 Å². The van der Waals surface area contributed by atoms with Crippen LogP contribution in [0.15, 0.2) is 53.4 Å². The van der Waals surface area contributed by atoms with E-state index >= 15 is 0 Å². The Bertz CT molecular complexity index is 913. The van der Waals surface area contributed by atoms with Gasteiger partial charge in [0.15, 0.2) is 0 Å². The van der Waals surface area contributed by atoms with Gasteiger partial charge in [0.25, 0.3) is 10.0 Å². The molecule has 0 radical (unpaired) electrons. The molecule has 1 atom stereocenters. The molecule has 0 saturated heterocycles. The van der Waals surface area contributed by atoms with Gasteiger partial charge in [-0.15, -0.1) is 0 Å². The van der Waals surface area contributed by atoms with Crippen molar-refractivity contribution in [2.24, 2.45) is 0 Å². The number of rotatable bonds is 10. The van der Waals surface area contributed by atoms with Gasteiger partial charge < -0.3 is 14.8 Å². The summed E-state index contributed by atoms with van der Waals surface area (Å²) >= 11 is 0. The summed E-state index contributed by atoms with van der Waals surface area (Å²) in [4.78, 5) is 12.7. The van der Waals surface area contributed by atoms with Crippen molar-refractivity contribution < 1.29 is 22.7 Å². The highest BCUT2D eigenvalue weighted by Crippen LogP contribution is 2.32. The van der Waals surface area contributed by atoms with E-state index < -0.39 is 15.9 Å². The van der Waals surface area contributed by atoms with E-state index in [9.17, 15) is 13.2 Å². The van der Waals surface area contributed by atoms with E-state index in [4.69, 9.17) is 9.47 Å². The van der Waals surface area contributed by atoms with Crippen LogP contribution in [0.1, 0.15) is 19.4 Å². The largest absolute Gasteiger partial charge is 0.492 e.